The molecular formula is C22H17N3O3S. The first kappa shape index (κ1) is 18.6. The molecule has 29 heavy (non-hydrogen) atoms. The van der Waals surface area contributed by atoms with Crippen LogP contribution in [0, 0.1) is 0 Å². The van der Waals surface area contributed by atoms with Gasteiger partial charge in [-0.05, 0) is 24.3 Å². The smallest absolute Gasteiger partial charge is 0.287 e. The Labute approximate surface area is 171 Å². The summed E-state index contributed by atoms with van der Waals surface area (Å²) >= 11 is 1.59. The van der Waals surface area contributed by atoms with E-state index in [1.165, 1.54) is 12.3 Å². The second-order valence-electron chi connectivity index (χ2n) is 6.19. The predicted octanol–water partition coefficient (Wildman–Crippen LogP) is 4.44. The van der Waals surface area contributed by atoms with Crippen molar-refractivity contribution in [1.29, 1.82) is 0 Å². The Hall–Kier alpha value is -3.71. The number of rotatable bonds is 6. The van der Waals surface area contributed by atoms with Gasteiger partial charge in [0.25, 0.3) is 5.91 Å². The van der Waals surface area contributed by atoms with Gasteiger partial charge in [-0.3, -0.25) is 9.59 Å². The molecule has 0 bridgehead atoms. The third kappa shape index (κ3) is 4.59. The third-order valence-corrected chi connectivity index (χ3v) is 5.04. The highest BCUT2D eigenvalue weighted by Gasteiger charge is 2.11. The molecule has 0 spiro atoms. The molecule has 0 aliphatic carbocycles. The number of nitrogens with zero attached hydrogens (tertiary/aromatic N) is 1. The number of nitrogens with one attached hydrogen (secondary N) is 2. The molecular weight excluding hydrogens is 386 g/mol. The highest BCUT2D eigenvalue weighted by atomic mass is 32.1. The van der Waals surface area contributed by atoms with Crippen molar-refractivity contribution in [2.75, 3.05) is 11.9 Å². The molecule has 6 nitrogen and oxygen atoms in total. The van der Waals surface area contributed by atoms with E-state index >= 15 is 0 Å². The van der Waals surface area contributed by atoms with Gasteiger partial charge in [-0.15, -0.1) is 11.3 Å². The summed E-state index contributed by atoms with van der Waals surface area (Å²) in [5.74, 6) is -0.587. The minimum Gasteiger partial charge on any atom is -0.459 e. The van der Waals surface area contributed by atoms with Crippen LogP contribution in [0.3, 0.4) is 0 Å². The van der Waals surface area contributed by atoms with Gasteiger partial charge in [-0.1, -0.05) is 42.5 Å². The summed E-state index contributed by atoms with van der Waals surface area (Å²) in [6.45, 7) is -0.145. The summed E-state index contributed by atoms with van der Waals surface area (Å²) < 4.78 is 4.98. The van der Waals surface area contributed by atoms with Crippen LogP contribution in [0.25, 0.3) is 21.8 Å². The quantitative estimate of drug-likeness (QED) is 0.499. The van der Waals surface area contributed by atoms with Gasteiger partial charge in [-0.2, -0.15) is 0 Å². The Balaban J connectivity index is 1.35. The third-order valence-electron chi connectivity index (χ3n) is 4.14. The van der Waals surface area contributed by atoms with E-state index in [-0.39, 0.29) is 18.2 Å². The maximum absolute atomic E-state index is 12.0. The Bertz CT molecular complexity index is 1100. The highest BCUT2D eigenvalue weighted by Crippen LogP contribution is 2.29. The maximum atomic E-state index is 12.0. The Morgan fingerprint density at radius 2 is 1.72 bits per heavy atom. The number of carbonyl (C=O) groups is 2. The van der Waals surface area contributed by atoms with Crippen LogP contribution >= 0.6 is 11.3 Å². The topological polar surface area (TPSA) is 84.2 Å². The fourth-order valence-corrected chi connectivity index (χ4v) is 3.54. The van der Waals surface area contributed by atoms with E-state index in [9.17, 15) is 9.59 Å². The lowest BCUT2D eigenvalue weighted by Crippen LogP contribution is -2.32. The summed E-state index contributed by atoms with van der Waals surface area (Å²) in [6, 6.07) is 20.6. The zero-order valence-electron chi connectivity index (χ0n) is 15.3. The molecule has 0 radical (unpaired) electrons. The van der Waals surface area contributed by atoms with Gasteiger partial charge in [0, 0.05) is 22.2 Å². The molecule has 0 saturated carbocycles. The minimum atomic E-state index is -0.432. The predicted molar refractivity (Wildman–Crippen MR) is 113 cm³/mol. The average molecular weight is 403 g/mol. The lowest BCUT2D eigenvalue weighted by atomic mass is 10.1. The van der Waals surface area contributed by atoms with Crippen molar-refractivity contribution in [2.45, 2.75) is 0 Å². The highest BCUT2D eigenvalue weighted by molar-refractivity contribution is 7.13. The van der Waals surface area contributed by atoms with Gasteiger partial charge in [0.2, 0.25) is 5.91 Å². The second kappa shape index (κ2) is 8.53. The van der Waals surface area contributed by atoms with Crippen LogP contribution < -0.4 is 10.6 Å². The molecule has 2 aromatic heterocycles. The van der Waals surface area contributed by atoms with E-state index in [4.69, 9.17) is 4.42 Å². The summed E-state index contributed by atoms with van der Waals surface area (Å²) in [4.78, 5) is 28.5. The first-order valence-corrected chi connectivity index (χ1v) is 9.80. The van der Waals surface area contributed by atoms with Crippen LogP contribution in [0.15, 0.2) is 82.8 Å². The SMILES string of the molecule is O=C(CNC(=O)c1ccco1)Nc1ccc(-c2csc(-c3ccccc3)n2)cc1. The second-order valence-corrected chi connectivity index (χ2v) is 7.05. The first-order valence-electron chi connectivity index (χ1n) is 8.92. The van der Waals surface area contributed by atoms with E-state index in [0.29, 0.717) is 5.69 Å². The van der Waals surface area contributed by atoms with Crippen molar-refractivity contribution in [3.05, 3.63) is 84.1 Å². The Kier molecular flexibility index (Phi) is 5.49. The van der Waals surface area contributed by atoms with Crippen molar-refractivity contribution in [3.8, 4) is 21.8 Å². The Morgan fingerprint density at radius 3 is 2.45 bits per heavy atom. The number of carbonyl (C=O) groups excluding carboxylic acids is 2. The van der Waals surface area contributed by atoms with Crippen molar-refractivity contribution >= 4 is 28.8 Å². The standard InChI is InChI=1S/C22H17N3O3S/c26-20(13-23-21(27)19-7-4-12-28-19)24-17-10-8-15(9-11-17)18-14-29-22(25-18)16-5-2-1-3-6-16/h1-12,14H,13H2,(H,23,27)(H,24,26). The van der Waals surface area contributed by atoms with Gasteiger partial charge in [0.05, 0.1) is 18.5 Å². The zero-order valence-corrected chi connectivity index (χ0v) is 16.1. The molecule has 4 rings (SSSR count). The fourth-order valence-electron chi connectivity index (χ4n) is 2.70. The molecule has 144 valence electrons. The number of amides is 2. The summed E-state index contributed by atoms with van der Waals surface area (Å²) in [6.07, 6.45) is 1.40. The monoisotopic (exact) mass is 403 g/mol. The van der Waals surface area contributed by atoms with Gasteiger partial charge in [0.1, 0.15) is 5.01 Å². The molecule has 4 aromatic rings. The molecule has 0 atom stereocenters. The molecule has 0 aliphatic rings. The number of hydrogen-bond donors (Lipinski definition) is 2. The van der Waals surface area contributed by atoms with E-state index in [0.717, 1.165) is 21.8 Å². The van der Waals surface area contributed by atoms with Crippen LogP contribution in [0.2, 0.25) is 0 Å². The van der Waals surface area contributed by atoms with Crippen LogP contribution in [0.1, 0.15) is 10.6 Å². The number of hydrogen-bond acceptors (Lipinski definition) is 5. The van der Waals surface area contributed by atoms with Gasteiger partial charge >= 0.3 is 0 Å². The maximum Gasteiger partial charge on any atom is 0.287 e. The molecule has 2 aromatic carbocycles. The molecule has 0 fully saturated rings. The zero-order chi connectivity index (χ0) is 20.1. The normalized spacial score (nSPS) is 10.5. The van der Waals surface area contributed by atoms with Gasteiger partial charge in [-0.25, -0.2) is 4.98 Å². The first-order chi connectivity index (χ1) is 14.2. The lowest BCUT2D eigenvalue weighted by molar-refractivity contribution is -0.115. The molecule has 0 saturated heterocycles. The van der Waals surface area contributed by atoms with Crippen LogP contribution in [-0.2, 0) is 4.79 Å². The van der Waals surface area contributed by atoms with E-state index < -0.39 is 5.91 Å². The van der Waals surface area contributed by atoms with Crippen molar-refractivity contribution in [1.82, 2.24) is 10.3 Å². The lowest BCUT2D eigenvalue weighted by Gasteiger charge is -2.07. The van der Waals surface area contributed by atoms with Crippen molar-refractivity contribution < 1.29 is 14.0 Å². The summed E-state index contributed by atoms with van der Waals surface area (Å²) in [7, 11) is 0. The summed E-state index contributed by atoms with van der Waals surface area (Å²) in [5, 5.41) is 8.23. The number of furan rings is 1. The molecule has 2 heterocycles. The average Bonchev–Trinajstić information content (AvgIpc) is 3.46. The molecule has 0 aliphatic heterocycles. The number of aromatic nitrogens is 1. The number of anilines is 1. The Morgan fingerprint density at radius 1 is 0.931 bits per heavy atom. The molecule has 7 heteroatoms. The van der Waals surface area contributed by atoms with E-state index in [1.54, 1.807) is 17.4 Å². The van der Waals surface area contributed by atoms with Crippen LogP contribution in [0.5, 0.6) is 0 Å². The van der Waals surface area contributed by atoms with Crippen molar-refractivity contribution in [3.63, 3.8) is 0 Å². The fraction of sp³-hybridized carbons (Fsp3) is 0.0455. The minimum absolute atomic E-state index is 0.145. The number of thiazole rings is 1. The molecule has 0 unspecified atom stereocenters. The van der Waals surface area contributed by atoms with Gasteiger partial charge in [0.15, 0.2) is 5.76 Å². The molecule has 2 N–H and O–H groups in total. The van der Waals surface area contributed by atoms with Crippen LogP contribution in [0.4, 0.5) is 5.69 Å². The largest absolute Gasteiger partial charge is 0.459 e. The number of benzene rings is 2. The van der Waals surface area contributed by atoms with Crippen LogP contribution in [-0.4, -0.2) is 23.3 Å². The summed E-state index contributed by atoms with van der Waals surface area (Å²) in [5.41, 5.74) is 3.58. The molecule has 2 amide bonds. The van der Waals surface area contributed by atoms with Crippen molar-refractivity contribution in [2.24, 2.45) is 0 Å². The van der Waals surface area contributed by atoms with Gasteiger partial charge < -0.3 is 15.1 Å². The van der Waals surface area contributed by atoms with E-state index in [1.807, 2.05) is 60.0 Å². The van der Waals surface area contributed by atoms with E-state index in [2.05, 4.69) is 15.6 Å².